The maximum atomic E-state index is 13.3. The SMILES string of the molecule is CCCC(C)(C)C1=CC(=O)[C@@]2(C)C(CCC2[C@H](C)CCC(=O)O)C1C. The van der Waals surface area contributed by atoms with Crippen molar-refractivity contribution in [1.29, 1.82) is 0 Å². The Labute approximate surface area is 153 Å². The molecular weight excluding hydrogens is 312 g/mol. The minimum absolute atomic E-state index is 0.0815. The maximum absolute atomic E-state index is 13.3. The fourth-order valence-corrected chi connectivity index (χ4v) is 6.02. The molecule has 0 aliphatic heterocycles. The third-order valence-electron chi connectivity index (χ3n) is 7.40. The topological polar surface area (TPSA) is 54.4 Å². The van der Waals surface area contributed by atoms with Crippen LogP contribution in [0.1, 0.15) is 80.1 Å². The highest BCUT2D eigenvalue weighted by Crippen LogP contribution is 2.60. The maximum Gasteiger partial charge on any atom is 0.303 e. The van der Waals surface area contributed by atoms with Gasteiger partial charge in [-0.05, 0) is 60.8 Å². The van der Waals surface area contributed by atoms with Gasteiger partial charge in [-0.2, -0.15) is 0 Å². The Hall–Kier alpha value is -1.12. The Morgan fingerprint density at radius 1 is 1.40 bits per heavy atom. The molecule has 3 heteroatoms. The number of hydrogen-bond donors (Lipinski definition) is 1. The first-order valence-corrected chi connectivity index (χ1v) is 10.0. The highest BCUT2D eigenvalue weighted by molar-refractivity contribution is 5.97. The zero-order valence-electron chi connectivity index (χ0n) is 16.9. The molecule has 0 radical (unpaired) electrons. The second-order valence-electron chi connectivity index (χ2n) is 9.37. The molecule has 2 rings (SSSR count). The van der Waals surface area contributed by atoms with Gasteiger partial charge in [0.15, 0.2) is 5.78 Å². The number of carboxylic acid groups (broad SMARTS) is 1. The van der Waals surface area contributed by atoms with Crippen LogP contribution in [0.25, 0.3) is 0 Å². The molecule has 1 saturated carbocycles. The van der Waals surface area contributed by atoms with E-state index >= 15 is 0 Å². The molecule has 0 spiro atoms. The predicted molar refractivity (Wildman–Crippen MR) is 101 cm³/mol. The lowest BCUT2D eigenvalue weighted by atomic mass is 9.56. The van der Waals surface area contributed by atoms with Crippen LogP contribution in [0.3, 0.4) is 0 Å². The lowest BCUT2D eigenvalue weighted by Gasteiger charge is -2.47. The third-order valence-corrected chi connectivity index (χ3v) is 7.40. The number of allylic oxidation sites excluding steroid dienone is 2. The van der Waals surface area contributed by atoms with Crippen molar-refractivity contribution < 1.29 is 14.7 Å². The van der Waals surface area contributed by atoms with Gasteiger partial charge in [0.25, 0.3) is 0 Å². The Bertz CT molecular complexity index is 560. The normalized spacial score (nSPS) is 33.8. The van der Waals surface area contributed by atoms with E-state index in [-0.39, 0.29) is 23.2 Å². The Kier molecular flexibility index (Phi) is 5.85. The second kappa shape index (κ2) is 7.25. The fraction of sp³-hybridized carbons (Fsp3) is 0.818. The van der Waals surface area contributed by atoms with Gasteiger partial charge in [0.1, 0.15) is 0 Å². The molecular formula is C22H36O3. The van der Waals surface area contributed by atoms with Crippen molar-refractivity contribution in [1.82, 2.24) is 0 Å². The van der Waals surface area contributed by atoms with E-state index in [1.807, 2.05) is 6.08 Å². The Balaban J connectivity index is 2.30. The van der Waals surface area contributed by atoms with E-state index in [9.17, 15) is 9.59 Å². The molecule has 3 nitrogen and oxygen atoms in total. The molecule has 5 atom stereocenters. The minimum Gasteiger partial charge on any atom is -0.481 e. The van der Waals surface area contributed by atoms with Gasteiger partial charge in [0.2, 0.25) is 0 Å². The van der Waals surface area contributed by atoms with Gasteiger partial charge in [-0.3, -0.25) is 9.59 Å². The minimum atomic E-state index is -0.738. The lowest BCUT2D eigenvalue weighted by Crippen LogP contribution is -2.46. The summed E-state index contributed by atoms with van der Waals surface area (Å²) in [5, 5.41) is 8.99. The van der Waals surface area contributed by atoms with E-state index in [1.165, 1.54) is 5.57 Å². The van der Waals surface area contributed by atoms with Crippen LogP contribution < -0.4 is 0 Å². The van der Waals surface area contributed by atoms with Gasteiger partial charge in [-0.15, -0.1) is 0 Å². The molecule has 0 aromatic heterocycles. The van der Waals surface area contributed by atoms with Crippen LogP contribution in [0.4, 0.5) is 0 Å². The molecule has 25 heavy (non-hydrogen) atoms. The zero-order valence-corrected chi connectivity index (χ0v) is 16.9. The molecule has 1 fully saturated rings. The number of carbonyl (C=O) groups is 2. The average molecular weight is 349 g/mol. The van der Waals surface area contributed by atoms with E-state index in [2.05, 4.69) is 41.5 Å². The van der Waals surface area contributed by atoms with Crippen LogP contribution >= 0.6 is 0 Å². The van der Waals surface area contributed by atoms with Crippen molar-refractivity contribution in [3.05, 3.63) is 11.6 Å². The Morgan fingerprint density at radius 3 is 2.60 bits per heavy atom. The van der Waals surface area contributed by atoms with Gasteiger partial charge in [-0.1, -0.05) is 53.5 Å². The fourth-order valence-electron chi connectivity index (χ4n) is 6.02. The number of carboxylic acids is 1. The number of rotatable bonds is 7. The molecule has 0 aromatic rings. The summed E-state index contributed by atoms with van der Waals surface area (Å²) in [6.45, 7) is 13.4. The van der Waals surface area contributed by atoms with Crippen molar-refractivity contribution in [3.8, 4) is 0 Å². The number of carbonyl (C=O) groups excluding carboxylic acids is 1. The van der Waals surface area contributed by atoms with Crippen LogP contribution in [-0.2, 0) is 9.59 Å². The number of hydrogen-bond acceptors (Lipinski definition) is 2. The van der Waals surface area contributed by atoms with Crippen molar-refractivity contribution in [3.63, 3.8) is 0 Å². The smallest absolute Gasteiger partial charge is 0.303 e. The molecule has 3 unspecified atom stereocenters. The highest BCUT2D eigenvalue weighted by atomic mass is 16.4. The van der Waals surface area contributed by atoms with Crippen LogP contribution in [0.15, 0.2) is 11.6 Å². The van der Waals surface area contributed by atoms with Gasteiger partial charge < -0.3 is 5.11 Å². The predicted octanol–water partition coefficient (Wildman–Crippen LogP) is 5.49. The average Bonchev–Trinajstić information content (AvgIpc) is 2.87. The number of aliphatic carboxylic acids is 1. The van der Waals surface area contributed by atoms with Gasteiger partial charge in [-0.25, -0.2) is 0 Å². The molecule has 2 aliphatic carbocycles. The van der Waals surface area contributed by atoms with Gasteiger partial charge in [0, 0.05) is 11.8 Å². The summed E-state index contributed by atoms with van der Waals surface area (Å²) in [5.41, 5.74) is 1.10. The third kappa shape index (κ3) is 3.57. The van der Waals surface area contributed by atoms with E-state index in [4.69, 9.17) is 5.11 Å². The summed E-state index contributed by atoms with van der Waals surface area (Å²) in [6.07, 6.45) is 7.21. The first kappa shape index (κ1) is 20.2. The monoisotopic (exact) mass is 348 g/mol. The first-order valence-electron chi connectivity index (χ1n) is 10.0. The van der Waals surface area contributed by atoms with Crippen LogP contribution in [0, 0.1) is 34.5 Å². The quantitative estimate of drug-likeness (QED) is 0.661. The largest absolute Gasteiger partial charge is 0.481 e. The van der Waals surface area contributed by atoms with Gasteiger partial charge in [0.05, 0.1) is 0 Å². The zero-order chi connectivity index (χ0) is 19.0. The molecule has 0 amide bonds. The molecule has 1 N–H and O–H groups in total. The second-order valence-corrected chi connectivity index (χ2v) is 9.37. The summed E-state index contributed by atoms with van der Waals surface area (Å²) in [5.74, 6) is 0.965. The number of fused-ring (bicyclic) bond motifs is 1. The van der Waals surface area contributed by atoms with E-state index in [0.717, 1.165) is 25.7 Å². The summed E-state index contributed by atoms with van der Waals surface area (Å²) in [4.78, 5) is 24.2. The molecule has 142 valence electrons. The van der Waals surface area contributed by atoms with E-state index < -0.39 is 5.97 Å². The Morgan fingerprint density at radius 2 is 2.04 bits per heavy atom. The lowest BCUT2D eigenvalue weighted by molar-refractivity contribution is -0.137. The summed E-state index contributed by atoms with van der Waals surface area (Å²) >= 11 is 0. The van der Waals surface area contributed by atoms with E-state index in [1.54, 1.807) is 0 Å². The van der Waals surface area contributed by atoms with Crippen molar-refractivity contribution in [2.45, 2.75) is 80.1 Å². The van der Waals surface area contributed by atoms with Crippen molar-refractivity contribution in [2.75, 3.05) is 0 Å². The van der Waals surface area contributed by atoms with Crippen molar-refractivity contribution in [2.24, 2.45) is 34.5 Å². The highest BCUT2D eigenvalue weighted by Gasteiger charge is 2.57. The molecule has 2 aliphatic rings. The van der Waals surface area contributed by atoms with E-state index in [0.29, 0.717) is 30.0 Å². The molecule has 0 aromatic carbocycles. The van der Waals surface area contributed by atoms with Crippen LogP contribution in [0.5, 0.6) is 0 Å². The van der Waals surface area contributed by atoms with Crippen LogP contribution in [-0.4, -0.2) is 16.9 Å². The van der Waals surface area contributed by atoms with Crippen LogP contribution in [0.2, 0.25) is 0 Å². The van der Waals surface area contributed by atoms with Gasteiger partial charge >= 0.3 is 5.97 Å². The summed E-state index contributed by atoms with van der Waals surface area (Å²) in [7, 11) is 0. The summed E-state index contributed by atoms with van der Waals surface area (Å²) in [6, 6.07) is 0. The van der Waals surface area contributed by atoms with Crippen molar-refractivity contribution >= 4 is 11.8 Å². The standard InChI is InChI=1S/C22H36O3/c1-7-12-21(4,5)18-13-19(23)22(6)16(9-10-17(22)15(18)3)14(2)8-11-20(24)25/h13-17H,7-12H2,1-6H3,(H,24,25)/t14-,15?,16?,17?,22-/m1/s1. The first-order chi connectivity index (χ1) is 11.6. The summed E-state index contributed by atoms with van der Waals surface area (Å²) < 4.78 is 0. The molecule has 0 saturated heterocycles. The molecule has 0 bridgehead atoms. The molecule has 0 heterocycles. The number of ketones is 1.